The molecule has 2 aromatic heterocycles. The minimum Gasteiger partial charge on any atom is -0.494 e. The highest BCUT2D eigenvalue weighted by atomic mass is 16.5. The quantitative estimate of drug-likeness (QED) is 0.393. The van der Waals surface area contributed by atoms with E-state index in [0.29, 0.717) is 48.2 Å². The molecule has 0 aliphatic carbocycles. The van der Waals surface area contributed by atoms with Gasteiger partial charge >= 0.3 is 0 Å². The minimum absolute atomic E-state index is 0.289. The zero-order valence-electron chi connectivity index (χ0n) is 18.7. The second-order valence-corrected chi connectivity index (χ2v) is 7.29. The second kappa shape index (κ2) is 10.5. The maximum atomic E-state index is 13.4. The number of rotatable bonds is 9. The van der Waals surface area contributed by atoms with Crippen LogP contribution in [0.25, 0.3) is 11.3 Å². The normalized spacial score (nSPS) is 10.6. The number of anilines is 1. The summed E-state index contributed by atoms with van der Waals surface area (Å²) in [5, 5.41) is 7.68. The molecule has 0 unspecified atom stereocenters. The molecule has 0 atom stereocenters. The Balaban J connectivity index is 1.68. The molecule has 168 valence electrons. The van der Waals surface area contributed by atoms with Crippen LogP contribution in [0.1, 0.15) is 29.8 Å². The van der Waals surface area contributed by atoms with E-state index in [1.54, 1.807) is 35.4 Å². The van der Waals surface area contributed by atoms with E-state index >= 15 is 0 Å². The Bertz CT molecular complexity index is 1210. The van der Waals surface area contributed by atoms with Crippen LogP contribution in [-0.2, 0) is 6.54 Å². The van der Waals surface area contributed by atoms with Crippen LogP contribution in [0.3, 0.4) is 0 Å². The molecule has 0 bridgehead atoms. The molecular weight excluding hydrogens is 416 g/mol. The molecule has 0 aliphatic heterocycles. The molecule has 0 radical (unpaired) electrons. The first-order valence-corrected chi connectivity index (χ1v) is 10.9. The number of pyridine rings is 1. The highest BCUT2D eigenvalue weighted by molar-refractivity contribution is 6.08. The molecule has 33 heavy (non-hydrogen) atoms. The van der Waals surface area contributed by atoms with Gasteiger partial charge in [0.2, 0.25) is 0 Å². The molecule has 2 aromatic carbocycles. The molecule has 0 spiro atoms. The Morgan fingerprint density at radius 2 is 1.82 bits per heavy atom. The third-order valence-electron chi connectivity index (χ3n) is 4.94. The monoisotopic (exact) mass is 442 g/mol. The first-order valence-electron chi connectivity index (χ1n) is 10.9. The van der Waals surface area contributed by atoms with Gasteiger partial charge in [0, 0.05) is 30.2 Å². The van der Waals surface area contributed by atoms with Gasteiger partial charge in [-0.15, -0.1) is 0 Å². The molecule has 0 saturated carbocycles. The standard InChI is InChI=1S/C26H26N4O3/c1-3-32-21-12-13-24(33-4-2)23(15-21)28-26(31)22-18-30(17-19-9-6-5-7-10-19)29-25(22)20-11-8-14-27-16-20/h5-16,18H,3-4,17H2,1-2H3,(H,28,31). The van der Waals surface area contributed by atoms with Crippen LogP contribution in [0.2, 0.25) is 0 Å². The van der Waals surface area contributed by atoms with Gasteiger partial charge < -0.3 is 14.8 Å². The molecule has 0 aliphatic rings. The van der Waals surface area contributed by atoms with E-state index in [1.807, 2.05) is 62.4 Å². The zero-order chi connectivity index (χ0) is 23.0. The van der Waals surface area contributed by atoms with Gasteiger partial charge in [-0.2, -0.15) is 5.10 Å². The highest BCUT2D eigenvalue weighted by Crippen LogP contribution is 2.31. The van der Waals surface area contributed by atoms with Crippen molar-refractivity contribution in [3.8, 4) is 22.8 Å². The van der Waals surface area contributed by atoms with Crippen molar-refractivity contribution >= 4 is 11.6 Å². The lowest BCUT2D eigenvalue weighted by molar-refractivity contribution is 0.102. The Hall–Kier alpha value is -4.13. The van der Waals surface area contributed by atoms with E-state index in [-0.39, 0.29) is 5.91 Å². The molecule has 4 aromatic rings. The van der Waals surface area contributed by atoms with Gasteiger partial charge in [-0.05, 0) is 43.7 Å². The maximum Gasteiger partial charge on any atom is 0.259 e. The molecular formula is C26H26N4O3. The predicted molar refractivity (Wildman–Crippen MR) is 128 cm³/mol. The zero-order valence-corrected chi connectivity index (χ0v) is 18.7. The largest absolute Gasteiger partial charge is 0.494 e. The summed E-state index contributed by atoms with van der Waals surface area (Å²) in [6.45, 7) is 5.36. The number of ether oxygens (including phenoxy) is 2. The van der Waals surface area contributed by atoms with Crippen molar-refractivity contribution in [1.82, 2.24) is 14.8 Å². The van der Waals surface area contributed by atoms with Crippen molar-refractivity contribution in [3.05, 3.63) is 90.4 Å². The van der Waals surface area contributed by atoms with Gasteiger partial charge in [-0.1, -0.05) is 30.3 Å². The van der Waals surface area contributed by atoms with E-state index in [2.05, 4.69) is 10.3 Å². The predicted octanol–water partition coefficient (Wildman–Crippen LogP) is 5.04. The van der Waals surface area contributed by atoms with Crippen molar-refractivity contribution < 1.29 is 14.3 Å². The van der Waals surface area contributed by atoms with Crippen molar-refractivity contribution in [2.45, 2.75) is 20.4 Å². The summed E-state index contributed by atoms with van der Waals surface area (Å²) in [5.74, 6) is 0.945. The summed E-state index contributed by atoms with van der Waals surface area (Å²) in [7, 11) is 0. The van der Waals surface area contributed by atoms with Gasteiger partial charge in [-0.25, -0.2) is 0 Å². The number of aromatic nitrogens is 3. The summed E-state index contributed by atoms with van der Waals surface area (Å²) in [6.07, 6.45) is 5.16. The first-order chi connectivity index (χ1) is 16.2. The van der Waals surface area contributed by atoms with Gasteiger partial charge in [-0.3, -0.25) is 14.5 Å². The maximum absolute atomic E-state index is 13.4. The van der Waals surface area contributed by atoms with E-state index < -0.39 is 0 Å². The second-order valence-electron chi connectivity index (χ2n) is 7.29. The Kier molecular flexibility index (Phi) is 6.99. The lowest BCUT2D eigenvalue weighted by Crippen LogP contribution is -2.13. The Morgan fingerprint density at radius 3 is 2.55 bits per heavy atom. The van der Waals surface area contributed by atoms with Crippen LogP contribution in [-0.4, -0.2) is 33.9 Å². The van der Waals surface area contributed by atoms with E-state index in [1.165, 1.54) is 0 Å². The van der Waals surface area contributed by atoms with E-state index in [4.69, 9.17) is 14.6 Å². The topological polar surface area (TPSA) is 78.3 Å². The fourth-order valence-electron chi connectivity index (χ4n) is 3.49. The van der Waals surface area contributed by atoms with Crippen LogP contribution in [0.15, 0.2) is 79.3 Å². The molecule has 2 heterocycles. The van der Waals surface area contributed by atoms with Crippen LogP contribution < -0.4 is 14.8 Å². The summed E-state index contributed by atoms with van der Waals surface area (Å²) < 4.78 is 13.1. The van der Waals surface area contributed by atoms with Gasteiger partial charge in [0.25, 0.3) is 5.91 Å². The Labute approximate surface area is 193 Å². The average molecular weight is 443 g/mol. The third kappa shape index (κ3) is 5.38. The lowest BCUT2D eigenvalue weighted by atomic mass is 10.1. The highest BCUT2D eigenvalue weighted by Gasteiger charge is 2.20. The minimum atomic E-state index is -0.289. The fourth-order valence-corrected chi connectivity index (χ4v) is 3.49. The first kappa shape index (κ1) is 22.1. The van der Waals surface area contributed by atoms with Crippen molar-refractivity contribution in [2.24, 2.45) is 0 Å². The number of carbonyl (C=O) groups is 1. The van der Waals surface area contributed by atoms with Crippen molar-refractivity contribution in [1.29, 1.82) is 0 Å². The number of hydrogen-bond acceptors (Lipinski definition) is 5. The number of benzene rings is 2. The van der Waals surface area contributed by atoms with Gasteiger partial charge in [0.15, 0.2) is 0 Å². The average Bonchev–Trinajstić information content (AvgIpc) is 3.26. The summed E-state index contributed by atoms with van der Waals surface area (Å²) in [6, 6.07) is 19.1. The molecule has 0 saturated heterocycles. The van der Waals surface area contributed by atoms with Crippen molar-refractivity contribution in [2.75, 3.05) is 18.5 Å². The van der Waals surface area contributed by atoms with Crippen LogP contribution in [0.5, 0.6) is 11.5 Å². The summed E-state index contributed by atoms with van der Waals surface area (Å²) in [4.78, 5) is 17.6. The van der Waals surface area contributed by atoms with Gasteiger partial charge in [0.1, 0.15) is 17.2 Å². The van der Waals surface area contributed by atoms with E-state index in [0.717, 1.165) is 11.1 Å². The van der Waals surface area contributed by atoms with E-state index in [9.17, 15) is 4.79 Å². The smallest absolute Gasteiger partial charge is 0.259 e. The number of hydrogen-bond donors (Lipinski definition) is 1. The number of carbonyl (C=O) groups excluding carboxylic acids is 1. The van der Waals surface area contributed by atoms with Crippen molar-refractivity contribution in [3.63, 3.8) is 0 Å². The number of nitrogens with one attached hydrogen (secondary N) is 1. The fraction of sp³-hybridized carbons (Fsp3) is 0.192. The molecule has 1 N–H and O–H groups in total. The number of nitrogens with zero attached hydrogens (tertiary/aromatic N) is 3. The number of amides is 1. The molecule has 1 amide bonds. The SMILES string of the molecule is CCOc1ccc(OCC)c(NC(=O)c2cn(Cc3ccccc3)nc2-c2cccnc2)c1. The summed E-state index contributed by atoms with van der Waals surface area (Å²) >= 11 is 0. The molecule has 0 fully saturated rings. The summed E-state index contributed by atoms with van der Waals surface area (Å²) in [5.41, 5.74) is 3.41. The van der Waals surface area contributed by atoms with Gasteiger partial charge in [0.05, 0.1) is 31.0 Å². The Morgan fingerprint density at radius 1 is 1.00 bits per heavy atom. The lowest BCUT2D eigenvalue weighted by Gasteiger charge is -2.13. The molecule has 7 heteroatoms. The molecule has 4 rings (SSSR count). The molecule has 7 nitrogen and oxygen atoms in total. The van der Waals surface area contributed by atoms with Crippen LogP contribution in [0, 0.1) is 0 Å². The van der Waals surface area contributed by atoms with Crippen LogP contribution >= 0.6 is 0 Å². The van der Waals surface area contributed by atoms with Crippen LogP contribution in [0.4, 0.5) is 5.69 Å². The third-order valence-corrected chi connectivity index (χ3v) is 4.94.